The molecule has 0 heterocycles. The lowest BCUT2D eigenvalue weighted by Gasteiger charge is -2.05. The van der Waals surface area contributed by atoms with Gasteiger partial charge in [0.1, 0.15) is 12.4 Å². The lowest BCUT2D eigenvalue weighted by Crippen LogP contribution is -2.31. The van der Waals surface area contributed by atoms with Gasteiger partial charge in [0.15, 0.2) is 0 Å². The highest BCUT2D eigenvalue weighted by Gasteiger charge is 2.04. The van der Waals surface area contributed by atoms with Crippen LogP contribution in [0.15, 0.2) is 5.16 Å². The van der Waals surface area contributed by atoms with E-state index in [4.69, 9.17) is 10.9 Å². The molecule has 0 unspecified atom stereocenters. The Labute approximate surface area is 85.1 Å². The fraction of sp³-hybridized carbons (Fsp3) is 0.714. The van der Waals surface area contributed by atoms with Crippen molar-refractivity contribution in [3.8, 4) is 0 Å². The fourth-order valence-electron chi connectivity index (χ4n) is 0.697. The zero-order valence-electron chi connectivity index (χ0n) is 7.95. The molecule has 0 aromatic heterocycles. The van der Waals surface area contributed by atoms with E-state index < -0.39 is 18.9 Å². The average molecular weight is 225 g/mol. The second-order valence-electron chi connectivity index (χ2n) is 2.58. The summed E-state index contributed by atoms with van der Waals surface area (Å²) in [5.41, 5.74) is 5.05. The number of rotatable bonds is 7. The van der Waals surface area contributed by atoms with Crippen molar-refractivity contribution in [3.63, 3.8) is 0 Å². The maximum absolute atomic E-state index is 11.6. The Balaban J connectivity index is 3.40. The van der Waals surface area contributed by atoms with Gasteiger partial charge in [0, 0.05) is 6.54 Å². The normalized spacial score (nSPS) is 11.8. The second-order valence-corrected chi connectivity index (χ2v) is 2.58. The molecule has 0 aromatic rings. The highest BCUT2D eigenvalue weighted by Crippen LogP contribution is 1.91. The van der Waals surface area contributed by atoms with E-state index in [1.807, 2.05) is 0 Å². The summed E-state index contributed by atoms with van der Waals surface area (Å²) < 4.78 is 27.6. The minimum atomic E-state index is -2.52. The molecule has 0 aromatic carbocycles. The van der Waals surface area contributed by atoms with Crippen LogP contribution in [-0.4, -0.2) is 43.1 Å². The van der Waals surface area contributed by atoms with Gasteiger partial charge in [-0.1, -0.05) is 5.16 Å². The molecule has 0 atom stereocenters. The van der Waals surface area contributed by atoms with E-state index >= 15 is 0 Å². The molecule has 0 aliphatic carbocycles. The molecule has 1 amide bonds. The van der Waals surface area contributed by atoms with E-state index in [0.29, 0.717) is 0 Å². The molecule has 0 spiro atoms. The number of oxime groups is 1. The summed E-state index contributed by atoms with van der Waals surface area (Å²) in [5, 5.41) is 13.1. The van der Waals surface area contributed by atoms with Gasteiger partial charge in [-0.15, -0.1) is 0 Å². The molecule has 0 radical (unpaired) electrons. The van der Waals surface area contributed by atoms with Gasteiger partial charge in [-0.05, 0) is 0 Å². The van der Waals surface area contributed by atoms with Gasteiger partial charge >= 0.3 is 0 Å². The molecule has 0 fully saturated rings. The minimum Gasteiger partial charge on any atom is -0.409 e. The monoisotopic (exact) mass is 225 g/mol. The summed E-state index contributed by atoms with van der Waals surface area (Å²) in [6.45, 7) is -0.563. The topological polar surface area (TPSA) is 96.9 Å². The van der Waals surface area contributed by atoms with Crippen molar-refractivity contribution in [2.75, 3.05) is 19.8 Å². The first-order valence-electron chi connectivity index (χ1n) is 4.15. The molecule has 4 N–H and O–H groups in total. The van der Waals surface area contributed by atoms with E-state index in [1.165, 1.54) is 0 Å². The van der Waals surface area contributed by atoms with E-state index in [1.54, 1.807) is 0 Å². The van der Waals surface area contributed by atoms with Crippen molar-refractivity contribution in [1.29, 1.82) is 0 Å². The van der Waals surface area contributed by atoms with Gasteiger partial charge in [0.25, 0.3) is 6.43 Å². The SMILES string of the molecule is NC(CC(=O)NCCOCC(F)F)=NO. The van der Waals surface area contributed by atoms with Crippen molar-refractivity contribution >= 4 is 11.7 Å². The number of amides is 1. The number of hydrogen-bond donors (Lipinski definition) is 3. The maximum atomic E-state index is 11.6. The molecular formula is C7H13F2N3O3. The number of halogens is 2. The molecule has 0 saturated carbocycles. The Hall–Kier alpha value is -1.44. The molecule has 0 aliphatic rings. The van der Waals surface area contributed by atoms with E-state index in [9.17, 15) is 13.6 Å². The van der Waals surface area contributed by atoms with Crippen molar-refractivity contribution in [2.45, 2.75) is 12.8 Å². The highest BCUT2D eigenvalue weighted by atomic mass is 19.3. The van der Waals surface area contributed by atoms with Gasteiger partial charge in [0.2, 0.25) is 5.91 Å². The summed E-state index contributed by atoms with van der Waals surface area (Å²) >= 11 is 0. The predicted molar refractivity (Wildman–Crippen MR) is 47.9 cm³/mol. The van der Waals surface area contributed by atoms with Gasteiger partial charge in [0.05, 0.1) is 13.0 Å². The maximum Gasteiger partial charge on any atom is 0.261 e. The molecule has 0 aliphatic heterocycles. The van der Waals surface area contributed by atoms with Crippen LogP contribution in [0.2, 0.25) is 0 Å². The Kier molecular flexibility index (Phi) is 7.16. The van der Waals surface area contributed by atoms with Gasteiger partial charge < -0.3 is 21.0 Å². The standard InChI is InChI=1S/C7H13F2N3O3/c8-5(9)4-15-2-1-11-7(13)3-6(10)12-14/h5,14H,1-4H2,(H2,10,12)(H,11,13). The first kappa shape index (κ1) is 13.6. The third-order valence-corrected chi connectivity index (χ3v) is 1.28. The van der Waals surface area contributed by atoms with Crippen molar-refractivity contribution < 1.29 is 23.5 Å². The summed E-state index contributed by atoms with van der Waals surface area (Å²) in [5.74, 6) is -0.688. The fourth-order valence-corrected chi connectivity index (χ4v) is 0.697. The van der Waals surface area contributed by atoms with Crippen LogP contribution in [-0.2, 0) is 9.53 Å². The Bertz CT molecular complexity index is 224. The first-order chi connectivity index (χ1) is 7.06. The van der Waals surface area contributed by atoms with E-state index in [-0.39, 0.29) is 25.4 Å². The number of hydrogen-bond acceptors (Lipinski definition) is 4. The smallest absolute Gasteiger partial charge is 0.261 e. The molecule has 88 valence electrons. The molecule has 0 bridgehead atoms. The second kappa shape index (κ2) is 7.92. The number of carbonyl (C=O) groups excluding carboxylic acids is 1. The first-order valence-corrected chi connectivity index (χ1v) is 4.15. The lowest BCUT2D eigenvalue weighted by molar-refractivity contribution is -0.120. The largest absolute Gasteiger partial charge is 0.409 e. The third kappa shape index (κ3) is 8.88. The number of alkyl halides is 2. The van der Waals surface area contributed by atoms with Crippen LogP contribution >= 0.6 is 0 Å². The minimum absolute atomic E-state index is 0.00769. The summed E-state index contributed by atoms with van der Waals surface area (Å²) in [6, 6.07) is 0. The van der Waals surface area contributed by atoms with E-state index in [2.05, 4.69) is 15.2 Å². The number of nitrogens with zero attached hydrogens (tertiary/aromatic N) is 1. The Morgan fingerprint density at radius 1 is 1.60 bits per heavy atom. The van der Waals surface area contributed by atoms with Crippen LogP contribution in [0.3, 0.4) is 0 Å². The van der Waals surface area contributed by atoms with Crippen LogP contribution in [0.5, 0.6) is 0 Å². The summed E-state index contributed by atoms with van der Waals surface area (Å²) in [4.78, 5) is 10.9. The van der Waals surface area contributed by atoms with Crippen LogP contribution in [0, 0.1) is 0 Å². The third-order valence-electron chi connectivity index (χ3n) is 1.28. The zero-order chi connectivity index (χ0) is 11.7. The van der Waals surface area contributed by atoms with Crippen molar-refractivity contribution in [2.24, 2.45) is 10.9 Å². The van der Waals surface area contributed by atoms with E-state index in [0.717, 1.165) is 0 Å². The number of carbonyl (C=O) groups is 1. The van der Waals surface area contributed by atoms with Gasteiger partial charge in [-0.2, -0.15) is 0 Å². The van der Waals surface area contributed by atoms with Crippen molar-refractivity contribution in [1.82, 2.24) is 5.32 Å². The quantitative estimate of drug-likeness (QED) is 0.179. The number of amidine groups is 1. The van der Waals surface area contributed by atoms with Gasteiger partial charge in [-0.3, -0.25) is 4.79 Å². The highest BCUT2D eigenvalue weighted by molar-refractivity contribution is 5.98. The summed E-state index contributed by atoms with van der Waals surface area (Å²) in [6.07, 6.45) is -2.76. The van der Waals surface area contributed by atoms with Crippen LogP contribution in [0.4, 0.5) is 8.78 Å². The lowest BCUT2D eigenvalue weighted by atomic mass is 10.4. The molecule has 6 nitrogen and oxygen atoms in total. The Morgan fingerprint density at radius 2 is 2.27 bits per heavy atom. The van der Waals surface area contributed by atoms with Crippen LogP contribution in [0.25, 0.3) is 0 Å². The molecule has 8 heteroatoms. The van der Waals surface area contributed by atoms with Crippen LogP contribution in [0.1, 0.15) is 6.42 Å². The number of nitrogens with two attached hydrogens (primary N) is 1. The van der Waals surface area contributed by atoms with Gasteiger partial charge in [-0.25, -0.2) is 8.78 Å². The molecule has 0 saturated heterocycles. The number of ether oxygens (including phenoxy) is 1. The predicted octanol–water partition coefficient (Wildman–Crippen LogP) is -0.479. The zero-order valence-corrected chi connectivity index (χ0v) is 7.95. The summed E-state index contributed by atoms with van der Waals surface area (Å²) in [7, 11) is 0. The molecule has 0 rings (SSSR count). The van der Waals surface area contributed by atoms with Crippen molar-refractivity contribution in [3.05, 3.63) is 0 Å². The Morgan fingerprint density at radius 3 is 2.80 bits per heavy atom. The molecular weight excluding hydrogens is 212 g/mol. The molecule has 15 heavy (non-hydrogen) atoms. The average Bonchev–Trinajstić information content (AvgIpc) is 2.16. The number of nitrogens with one attached hydrogen (secondary N) is 1. The van der Waals surface area contributed by atoms with Crippen LogP contribution < -0.4 is 11.1 Å².